The van der Waals surface area contributed by atoms with E-state index in [1.807, 2.05) is 6.92 Å². The number of benzene rings is 3. The highest BCUT2D eigenvalue weighted by molar-refractivity contribution is 7.93. The van der Waals surface area contributed by atoms with Crippen molar-refractivity contribution in [3.63, 3.8) is 0 Å². The number of amides is 1. The summed E-state index contributed by atoms with van der Waals surface area (Å²) in [6.45, 7) is 2.31. The van der Waals surface area contributed by atoms with Crippen molar-refractivity contribution in [1.82, 2.24) is 0 Å². The molecule has 0 heterocycles. The second kappa shape index (κ2) is 8.86. The second-order valence-corrected chi connectivity index (χ2v) is 8.62. The minimum atomic E-state index is -4.20. The fraction of sp³-hybridized carbons (Fsp3) is 0.0952. The number of sulfonamides is 1. The fourth-order valence-electron chi connectivity index (χ4n) is 2.63. The largest absolute Gasteiger partial charge is 0.494 e. The minimum absolute atomic E-state index is 0.0573. The van der Waals surface area contributed by atoms with Crippen LogP contribution in [0, 0.1) is 0 Å². The number of carbonyl (C=O) groups is 1. The Hall–Kier alpha value is -2.54. The van der Waals surface area contributed by atoms with Crippen LogP contribution in [0.25, 0.3) is 0 Å². The van der Waals surface area contributed by atoms with Gasteiger partial charge in [-0.1, -0.05) is 23.2 Å². The highest BCUT2D eigenvalue weighted by Crippen LogP contribution is 2.28. The van der Waals surface area contributed by atoms with Crippen LogP contribution in [0.3, 0.4) is 0 Å². The predicted octanol–water partition coefficient (Wildman–Crippen LogP) is 5.43. The van der Waals surface area contributed by atoms with Crippen molar-refractivity contribution in [3.05, 3.63) is 88.4 Å². The van der Waals surface area contributed by atoms with Crippen LogP contribution in [0.2, 0.25) is 10.0 Å². The summed E-state index contributed by atoms with van der Waals surface area (Å²) in [5.41, 5.74) is 0.365. The molecule has 0 atom stereocenters. The molecule has 0 bridgehead atoms. The van der Waals surface area contributed by atoms with Gasteiger partial charge in [0.2, 0.25) is 0 Å². The standard InChI is InChI=1S/C21H17Cl2NO4S/c1-2-28-19-11-9-18(10-12-19)24(21(25)15-3-5-16(22)6-4-15)29(26,27)20-13-7-17(23)8-14-20/h3-14H,2H2,1H3. The van der Waals surface area contributed by atoms with Crippen LogP contribution in [0.1, 0.15) is 17.3 Å². The van der Waals surface area contributed by atoms with Gasteiger partial charge in [0.1, 0.15) is 5.75 Å². The molecule has 0 unspecified atom stereocenters. The zero-order valence-electron chi connectivity index (χ0n) is 15.4. The van der Waals surface area contributed by atoms with Crippen molar-refractivity contribution in [2.24, 2.45) is 0 Å². The Labute approximate surface area is 179 Å². The van der Waals surface area contributed by atoms with Crippen molar-refractivity contribution in [3.8, 4) is 5.75 Å². The van der Waals surface area contributed by atoms with Gasteiger partial charge in [-0.25, -0.2) is 8.42 Å². The zero-order chi connectivity index (χ0) is 21.0. The third-order valence-corrected chi connectivity index (χ3v) is 6.24. The molecular formula is C21H17Cl2NO4S. The topological polar surface area (TPSA) is 63.7 Å². The fourth-order valence-corrected chi connectivity index (χ4v) is 4.30. The van der Waals surface area contributed by atoms with E-state index in [1.165, 1.54) is 60.7 Å². The summed E-state index contributed by atoms with van der Waals surface area (Å²) >= 11 is 11.8. The maximum atomic E-state index is 13.3. The third-order valence-electron chi connectivity index (χ3n) is 4.01. The molecule has 3 aromatic rings. The summed E-state index contributed by atoms with van der Waals surface area (Å²) < 4.78 is 32.8. The van der Waals surface area contributed by atoms with Gasteiger partial charge in [-0.3, -0.25) is 4.79 Å². The summed E-state index contributed by atoms with van der Waals surface area (Å²) in [6.07, 6.45) is 0. The summed E-state index contributed by atoms with van der Waals surface area (Å²) in [4.78, 5) is 13.1. The molecule has 8 heteroatoms. The molecule has 29 heavy (non-hydrogen) atoms. The average molecular weight is 450 g/mol. The molecule has 3 rings (SSSR count). The molecule has 0 spiro atoms. The molecule has 0 saturated heterocycles. The van der Waals surface area contributed by atoms with E-state index in [-0.39, 0.29) is 16.1 Å². The van der Waals surface area contributed by atoms with Crippen LogP contribution >= 0.6 is 23.2 Å². The van der Waals surface area contributed by atoms with Gasteiger partial charge in [-0.2, -0.15) is 4.31 Å². The van der Waals surface area contributed by atoms with Gasteiger partial charge in [0.15, 0.2) is 0 Å². The molecule has 0 fully saturated rings. The van der Waals surface area contributed by atoms with Gasteiger partial charge in [0.05, 0.1) is 17.2 Å². The van der Waals surface area contributed by atoms with Crippen LogP contribution in [0.15, 0.2) is 77.7 Å². The second-order valence-electron chi connectivity index (χ2n) is 5.96. The van der Waals surface area contributed by atoms with E-state index in [0.29, 0.717) is 22.4 Å². The van der Waals surface area contributed by atoms with Gasteiger partial charge in [-0.15, -0.1) is 0 Å². The molecule has 0 aliphatic carbocycles. The number of rotatable bonds is 6. The Morgan fingerprint density at radius 1 is 0.862 bits per heavy atom. The first-order valence-corrected chi connectivity index (χ1v) is 10.9. The van der Waals surface area contributed by atoms with E-state index in [1.54, 1.807) is 12.1 Å². The monoisotopic (exact) mass is 449 g/mol. The van der Waals surface area contributed by atoms with E-state index >= 15 is 0 Å². The van der Waals surface area contributed by atoms with E-state index in [9.17, 15) is 13.2 Å². The third kappa shape index (κ3) is 4.72. The van der Waals surface area contributed by atoms with Crippen LogP contribution in [0.5, 0.6) is 5.75 Å². The molecule has 0 radical (unpaired) electrons. The zero-order valence-corrected chi connectivity index (χ0v) is 17.7. The van der Waals surface area contributed by atoms with Crippen molar-refractivity contribution >= 4 is 44.8 Å². The van der Waals surface area contributed by atoms with Gasteiger partial charge < -0.3 is 4.74 Å². The first-order valence-electron chi connectivity index (χ1n) is 8.66. The average Bonchev–Trinajstić information content (AvgIpc) is 2.70. The van der Waals surface area contributed by atoms with Crippen LogP contribution < -0.4 is 9.04 Å². The predicted molar refractivity (Wildman–Crippen MR) is 115 cm³/mol. The number of carbonyl (C=O) groups excluding carboxylic acids is 1. The lowest BCUT2D eigenvalue weighted by atomic mass is 10.2. The lowest BCUT2D eigenvalue weighted by Gasteiger charge is -2.23. The van der Waals surface area contributed by atoms with E-state index in [0.717, 1.165) is 4.31 Å². The lowest BCUT2D eigenvalue weighted by Crippen LogP contribution is -2.37. The molecule has 1 amide bonds. The maximum Gasteiger partial charge on any atom is 0.272 e. The highest BCUT2D eigenvalue weighted by Gasteiger charge is 2.32. The smallest absolute Gasteiger partial charge is 0.272 e. The molecule has 0 aliphatic rings. The molecule has 0 aromatic heterocycles. The maximum absolute atomic E-state index is 13.3. The minimum Gasteiger partial charge on any atom is -0.494 e. The SMILES string of the molecule is CCOc1ccc(N(C(=O)c2ccc(Cl)cc2)S(=O)(=O)c2ccc(Cl)cc2)cc1. The van der Waals surface area contributed by atoms with Crippen LogP contribution in [0.4, 0.5) is 5.69 Å². The molecule has 150 valence electrons. The van der Waals surface area contributed by atoms with E-state index in [4.69, 9.17) is 27.9 Å². The first-order chi connectivity index (χ1) is 13.8. The Morgan fingerprint density at radius 3 is 1.90 bits per heavy atom. The number of halogens is 2. The molecule has 3 aromatic carbocycles. The summed E-state index contributed by atoms with van der Waals surface area (Å²) in [5.74, 6) is -0.139. The first kappa shape index (κ1) is 21.2. The van der Waals surface area contributed by atoms with Crippen molar-refractivity contribution in [2.75, 3.05) is 10.9 Å². The van der Waals surface area contributed by atoms with Gasteiger partial charge >= 0.3 is 0 Å². The summed E-state index contributed by atoms with van der Waals surface area (Å²) in [7, 11) is -4.20. The molecule has 0 saturated carbocycles. The Morgan fingerprint density at radius 2 is 1.38 bits per heavy atom. The number of hydrogen-bond acceptors (Lipinski definition) is 4. The molecule has 0 N–H and O–H groups in total. The molecule has 0 aliphatic heterocycles. The van der Waals surface area contributed by atoms with Gasteiger partial charge in [0.25, 0.3) is 15.9 Å². The number of nitrogens with zero attached hydrogens (tertiary/aromatic N) is 1. The van der Waals surface area contributed by atoms with Crippen molar-refractivity contribution in [2.45, 2.75) is 11.8 Å². The van der Waals surface area contributed by atoms with Crippen LogP contribution in [-0.4, -0.2) is 20.9 Å². The lowest BCUT2D eigenvalue weighted by molar-refractivity contribution is 0.101. The molecular weight excluding hydrogens is 433 g/mol. The summed E-state index contributed by atoms with van der Waals surface area (Å²) in [5, 5.41) is 0.829. The Bertz CT molecular complexity index is 1100. The van der Waals surface area contributed by atoms with Crippen molar-refractivity contribution in [1.29, 1.82) is 0 Å². The Balaban J connectivity index is 2.11. The number of hydrogen-bond donors (Lipinski definition) is 0. The van der Waals surface area contributed by atoms with Gasteiger partial charge in [-0.05, 0) is 79.7 Å². The van der Waals surface area contributed by atoms with E-state index in [2.05, 4.69) is 0 Å². The number of anilines is 1. The quantitative estimate of drug-likeness (QED) is 0.503. The van der Waals surface area contributed by atoms with Crippen molar-refractivity contribution < 1.29 is 17.9 Å². The summed E-state index contributed by atoms with van der Waals surface area (Å²) in [6, 6.07) is 17.9. The normalized spacial score (nSPS) is 11.1. The number of ether oxygens (including phenoxy) is 1. The Kier molecular flexibility index (Phi) is 6.47. The van der Waals surface area contributed by atoms with E-state index < -0.39 is 15.9 Å². The highest BCUT2D eigenvalue weighted by atomic mass is 35.5. The van der Waals surface area contributed by atoms with Crippen LogP contribution in [-0.2, 0) is 10.0 Å². The molecule has 5 nitrogen and oxygen atoms in total. The van der Waals surface area contributed by atoms with Gasteiger partial charge in [0, 0.05) is 15.6 Å².